The number of aryl methyl sites for hydroxylation is 1. The first-order chi connectivity index (χ1) is 18.6. The maximum absolute atomic E-state index is 11.2. The highest BCUT2D eigenvalue weighted by molar-refractivity contribution is 7.17. The minimum atomic E-state index is -0.868. The Kier molecular flexibility index (Phi) is 8.96. The van der Waals surface area contributed by atoms with Crippen LogP contribution in [-0.4, -0.2) is 28.4 Å². The smallest absolute Gasteiger partial charge is 0.304 e. The molecule has 0 bridgehead atoms. The predicted octanol–water partition coefficient (Wildman–Crippen LogP) is 7.58. The molecule has 39 heavy (non-hydrogen) atoms. The van der Waals surface area contributed by atoms with Crippen LogP contribution in [0.1, 0.15) is 56.2 Å². The molecule has 0 unspecified atom stereocenters. The number of hydrogen-bond donors (Lipinski definition) is 2. The van der Waals surface area contributed by atoms with E-state index in [2.05, 4.69) is 48.4 Å². The number of rotatable bonds is 11. The van der Waals surface area contributed by atoms with Crippen molar-refractivity contribution in [1.82, 2.24) is 0 Å². The van der Waals surface area contributed by atoms with Gasteiger partial charge in [-0.1, -0.05) is 30.2 Å². The number of ether oxygens (including phenoxy) is 2. The second-order valence-corrected chi connectivity index (χ2v) is 11.2. The van der Waals surface area contributed by atoms with Crippen molar-refractivity contribution in [2.45, 2.75) is 58.7 Å². The number of carbonyl (C=O) groups is 1. The summed E-state index contributed by atoms with van der Waals surface area (Å²) in [5, 5.41) is 22.5. The van der Waals surface area contributed by atoms with Crippen LogP contribution in [0, 0.1) is 18.8 Å². The molecule has 0 spiro atoms. The van der Waals surface area contributed by atoms with Crippen molar-refractivity contribution in [3.05, 3.63) is 82.7 Å². The van der Waals surface area contributed by atoms with Gasteiger partial charge in [0.1, 0.15) is 18.1 Å². The summed E-state index contributed by atoms with van der Waals surface area (Å²) in [6.45, 7) is 8.26. The van der Waals surface area contributed by atoms with E-state index < -0.39 is 11.6 Å². The van der Waals surface area contributed by atoms with E-state index in [0.29, 0.717) is 19.6 Å². The van der Waals surface area contributed by atoms with Crippen molar-refractivity contribution >= 4 is 27.4 Å². The van der Waals surface area contributed by atoms with Gasteiger partial charge < -0.3 is 19.7 Å². The first-order valence-corrected chi connectivity index (χ1v) is 13.8. The average Bonchev–Trinajstić information content (AvgIpc) is 3.30. The minimum Gasteiger partial charge on any atom is -0.493 e. The van der Waals surface area contributed by atoms with Crippen molar-refractivity contribution in [3.63, 3.8) is 0 Å². The zero-order chi connectivity index (χ0) is 28.0. The van der Waals surface area contributed by atoms with Gasteiger partial charge >= 0.3 is 5.97 Å². The van der Waals surface area contributed by atoms with Gasteiger partial charge in [-0.25, -0.2) is 0 Å². The van der Waals surface area contributed by atoms with E-state index in [0.717, 1.165) is 33.8 Å². The molecule has 3 aromatic carbocycles. The number of hydrogen-bond acceptors (Lipinski definition) is 5. The second-order valence-electron chi connectivity index (χ2n) is 10.3. The number of carboxylic acids is 1. The third-order valence-corrected chi connectivity index (χ3v) is 7.46. The zero-order valence-electron chi connectivity index (χ0n) is 22.8. The summed E-state index contributed by atoms with van der Waals surface area (Å²) in [7, 11) is 0. The molecular formula is C33H34O5S. The van der Waals surface area contributed by atoms with Crippen molar-refractivity contribution < 1.29 is 24.5 Å². The fraction of sp³-hybridized carbons (Fsp3) is 0.303. The van der Waals surface area contributed by atoms with Crippen molar-refractivity contribution in [2.75, 3.05) is 6.61 Å². The highest BCUT2D eigenvalue weighted by Gasteiger charge is 2.15. The van der Waals surface area contributed by atoms with Gasteiger partial charge in [0.2, 0.25) is 0 Å². The fourth-order valence-corrected chi connectivity index (χ4v) is 5.33. The van der Waals surface area contributed by atoms with E-state index in [9.17, 15) is 9.90 Å². The van der Waals surface area contributed by atoms with Gasteiger partial charge in [0, 0.05) is 22.1 Å². The largest absolute Gasteiger partial charge is 0.493 e. The lowest BCUT2D eigenvalue weighted by molar-refractivity contribution is -0.137. The van der Waals surface area contributed by atoms with E-state index in [4.69, 9.17) is 14.6 Å². The minimum absolute atomic E-state index is 0.0265. The van der Waals surface area contributed by atoms with Crippen LogP contribution in [0.5, 0.6) is 11.5 Å². The molecule has 0 radical (unpaired) electrons. The maximum Gasteiger partial charge on any atom is 0.304 e. The molecule has 1 atom stereocenters. The Bertz CT molecular complexity index is 1500. The van der Waals surface area contributed by atoms with E-state index in [1.165, 1.54) is 15.6 Å². The normalized spacial score (nSPS) is 12.0. The van der Waals surface area contributed by atoms with E-state index in [1.807, 2.05) is 36.4 Å². The van der Waals surface area contributed by atoms with Gasteiger partial charge in [0.05, 0.1) is 24.5 Å². The summed E-state index contributed by atoms with van der Waals surface area (Å²) >= 11 is 1.72. The van der Waals surface area contributed by atoms with E-state index in [-0.39, 0.29) is 12.3 Å². The average molecular weight is 543 g/mol. The summed E-state index contributed by atoms with van der Waals surface area (Å²) in [6, 6.07) is 20.0. The van der Waals surface area contributed by atoms with Crippen LogP contribution in [0.25, 0.3) is 21.2 Å². The topological polar surface area (TPSA) is 76.0 Å². The third kappa shape index (κ3) is 7.63. The summed E-state index contributed by atoms with van der Waals surface area (Å²) < 4.78 is 13.1. The molecule has 0 amide bonds. The molecule has 0 saturated heterocycles. The van der Waals surface area contributed by atoms with Crippen LogP contribution in [0.4, 0.5) is 0 Å². The second kappa shape index (κ2) is 12.4. The van der Waals surface area contributed by atoms with Gasteiger partial charge in [-0.2, -0.15) is 0 Å². The Hall–Kier alpha value is -3.79. The molecule has 2 N–H and O–H groups in total. The van der Waals surface area contributed by atoms with Crippen molar-refractivity contribution in [3.8, 4) is 34.5 Å². The van der Waals surface area contributed by atoms with Crippen LogP contribution in [0.2, 0.25) is 0 Å². The molecule has 1 aromatic heterocycles. The molecule has 4 aromatic rings. The molecule has 0 aliphatic carbocycles. The van der Waals surface area contributed by atoms with Crippen molar-refractivity contribution in [1.29, 1.82) is 0 Å². The standard InChI is InChI=1S/C33H34O5S/c1-5-6-25(19-32(34)35)24-8-10-26(11-9-24)38-20-23-7-14-31-29(18-23)30(21-39-31)28-13-12-27(17-22(28)2)37-16-15-33(3,4)36/h7-14,17-18,21,25,36H,15-16,19-20H2,1-4H3,(H,34,35)/t25-/m0/s1. The van der Waals surface area contributed by atoms with Crippen LogP contribution >= 0.6 is 11.3 Å². The van der Waals surface area contributed by atoms with Crippen molar-refractivity contribution in [2.24, 2.45) is 0 Å². The van der Waals surface area contributed by atoms with Crippen LogP contribution in [-0.2, 0) is 11.4 Å². The molecule has 0 aliphatic heterocycles. The summed E-state index contributed by atoms with van der Waals surface area (Å²) in [5.74, 6) is 6.12. The lowest BCUT2D eigenvalue weighted by Crippen LogP contribution is -2.21. The Morgan fingerprint density at radius 2 is 1.74 bits per heavy atom. The number of benzene rings is 3. The molecule has 0 aliphatic rings. The highest BCUT2D eigenvalue weighted by Crippen LogP contribution is 2.37. The molecule has 1 heterocycles. The Labute approximate surface area is 234 Å². The summed E-state index contributed by atoms with van der Waals surface area (Å²) in [6.07, 6.45) is 0.540. The maximum atomic E-state index is 11.2. The van der Waals surface area contributed by atoms with Gasteiger partial charge in [-0.3, -0.25) is 4.79 Å². The Balaban J connectivity index is 1.46. The molecule has 0 saturated carbocycles. The number of carboxylic acid groups (broad SMARTS) is 1. The lowest BCUT2D eigenvalue weighted by atomic mass is 9.96. The zero-order valence-corrected chi connectivity index (χ0v) is 23.6. The Morgan fingerprint density at radius 3 is 2.41 bits per heavy atom. The third-order valence-electron chi connectivity index (χ3n) is 6.49. The number of thiophene rings is 1. The van der Waals surface area contributed by atoms with Gasteiger partial charge in [0.15, 0.2) is 0 Å². The van der Waals surface area contributed by atoms with Gasteiger partial charge in [-0.05, 0) is 91.7 Å². The molecule has 202 valence electrons. The monoisotopic (exact) mass is 542 g/mol. The molecular weight excluding hydrogens is 508 g/mol. The van der Waals surface area contributed by atoms with E-state index in [1.54, 1.807) is 32.1 Å². The SMILES string of the molecule is CC#C[C@@H](CC(=O)O)c1ccc(OCc2ccc3scc(-c4ccc(OCCC(C)(C)O)cc4C)c3c2)cc1. The molecule has 5 nitrogen and oxygen atoms in total. The Morgan fingerprint density at radius 1 is 1.00 bits per heavy atom. The molecule has 4 rings (SSSR count). The predicted molar refractivity (Wildman–Crippen MR) is 158 cm³/mol. The summed E-state index contributed by atoms with van der Waals surface area (Å²) in [4.78, 5) is 11.2. The molecule has 6 heteroatoms. The highest BCUT2D eigenvalue weighted by atomic mass is 32.1. The lowest BCUT2D eigenvalue weighted by Gasteiger charge is -2.17. The summed E-state index contributed by atoms with van der Waals surface area (Å²) in [5.41, 5.74) is 4.67. The quantitative estimate of drug-likeness (QED) is 0.191. The van der Waals surface area contributed by atoms with Crippen LogP contribution in [0.3, 0.4) is 0 Å². The number of aliphatic hydroxyl groups is 1. The van der Waals surface area contributed by atoms with Gasteiger partial charge in [-0.15, -0.1) is 17.3 Å². The molecule has 0 fully saturated rings. The fourth-order valence-electron chi connectivity index (χ4n) is 4.39. The number of fused-ring (bicyclic) bond motifs is 1. The van der Waals surface area contributed by atoms with E-state index >= 15 is 0 Å². The first-order valence-electron chi connectivity index (χ1n) is 13.0. The van der Waals surface area contributed by atoms with Crippen LogP contribution in [0.15, 0.2) is 66.0 Å². The van der Waals surface area contributed by atoms with Crippen LogP contribution < -0.4 is 9.47 Å². The first kappa shape index (κ1) is 28.2. The van der Waals surface area contributed by atoms with Gasteiger partial charge in [0.25, 0.3) is 0 Å². The number of aliphatic carboxylic acids is 1.